The van der Waals surface area contributed by atoms with E-state index in [0.29, 0.717) is 10.8 Å². The largest absolute Gasteiger partial charge is 0.383 e. The predicted molar refractivity (Wildman–Crippen MR) is 89.0 cm³/mol. The molecule has 0 saturated heterocycles. The van der Waals surface area contributed by atoms with Crippen molar-refractivity contribution in [1.29, 1.82) is 0 Å². The molecule has 2 N–H and O–H groups in total. The first kappa shape index (κ1) is 14.1. The average Bonchev–Trinajstić information content (AvgIpc) is 2.78. The van der Waals surface area contributed by atoms with Gasteiger partial charge in [-0.05, 0) is 30.3 Å². The topological polar surface area (TPSA) is 56.7 Å². The van der Waals surface area contributed by atoms with Gasteiger partial charge in [0.15, 0.2) is 0 Å². The highest BCUT2D eigenvalue weighted by Crippen LogP contribution is 2.38. The maximum Gasteiger partial charge on any atom is 0.131 e. The minimum absolute atomic E-state index is 0.565. The third-order valence-corrected chi connectivity index (χ3v) is 4.12. The van der Waals surface area contributed by atoms with Crippen LogP contribution in [-0.4, -0.2) is 14.8 Å². The summed E-state index contributed by atoms with van der Waals surface area (Å²) in [5, 5.41) is 5.16. The van der Waals surface area contributed by atoms with E-state index in [1.807, 2.05) is 43.4 Å². The van der Waals surface area contributed by atoms with Gasteiger partial charge in [0.05, 0.1) is 11.3 Å². The monoisotopic (exact) mass is 362 g/mol. The Morgan fingerprint density at radius 2 is 2.05 bits per heavy atom. The van der Waals surface area contributed by atoms with E-state index in [-0.39, 0.29) is 0 Å². The van der Waals surface area contributed by atoms with Crippen molar-refractivity contribution in [2.75, 3.05) is 5.73 Å². The van der Waals surface area contributed by atoms with Crippen LogP contribution >= 0.6 is 27.5 Å². The van der Waals surface area contributed by atoms with Crippen molar-refractivity contribution in [3.8, 4) is 22.5 Å². The fourth-order valence-electron chi connectivity index (χ4n) is 2.17. The minimum Gasteiger partial charge on any atom is -0.383 e. The first-order valence-electron chi connectivity index (χ1n) is 6.27. The molecule has 0 aliphatic carbocycles. The molecule has 0 unspecified atom stereocenters. The number of anilines is 1. The molecule has 0 radical (unpaired) electrons. The van der Waals surface area contributed by atoms with Crippen LogP contribution in [-0.2, 0) is 7.05 Å². The quantitative estimate of drug-likeness (QED) is 0.744. The molecule has 1 aromatic carbocycles. The summed E-state index contributed by atoms with van der Waals surface area (Å²) in [6.45, 7) is 0. The molecule has 0 aliphatic rings. The van der Waals surface area contributed by atoms with Crippen molar-refractivity contribution in [3.05, 3.63) is 52.1 Å². The summed E-state index contributed by atoms with van der Waals surface area (Å²) in [4.78, 5) is 4.38. The zero-order valence-corrected chi connectivity index (χ0v) is 13.6. The molecule has 2 aromatic heterocycles. The SMILES string of the molecule is Cn1nc(-c2cc(Cl)ccc2Br)c(-c2ccccn2)c1N. The molecule has 3 aromatic rings. The normalized spacial score (nSPS) is 10.8. The van der Waals surface area contributed by atoms with Gasteiger partial charge in [-0.2, -0.15) is 5.10 Å². The molecule has 4 nitrogen and oxygen atoms in total. The highest BCUT2D eigenvalue weighted by atomic mass is 79.9. The van der Waals surface area contributed by atoms with Crippen LogP contribution in [0.25, 0.3) is 22.5 Å². The Bertz CT molecular complexity index is 799. The second kappa shape index (κ2) is 5.50. The zero-order valence-electron chi connectivity index (χ0n) is 11.2. The van der Waals surface area contributed by atoms with Gasteiger partial charge in [-0.3, -0.25) is 9.67 Å². The smallest absolute Gasteiger partial charge is 0.131 e. The number of hydrogen-bond acceptors (Lipinski definition) is 3. The zero-order chi connectivity index (χ0) is 15.0. The lowest BCUT2D eigenvalue weighted by molar-refractivity contribution is 0.782. The Kier molecular flexibility index (Phi) is 3.69. The first-order valence-corrected chi connectivity index (χ1v) is 7.44. The van der Waals surface area contributed by atoms with Crippen molar-refractivity contribution in [1.82, 2.24) is 14.8 Å². The average molecular weight is 364 g/mol. The molecule has 0 fully saturated rings. The summed E-state index contributed by atoms with van der Waals surface area (Å²) in [6, 6.07) is 11.3. The van der Waals surface area contributed by atoms with E-state index in [4.69, 9.17) is 17.3 Å². The van der Waals surface area contributed by atoms with Crippen molar-refractivity contribution < 1.29 is 0 Å². The van der Waals surface area contributed by atoms with Gasteiger partial charge in [-0.25, -0.2) is 0 Å². The van der Waals surface area contributed by atoms with Gasteiger partial charge in [0.1, 0.15) is 11.5 Å². The Balaban J connectivity index is 2.29. The summed E-state index contributed by atoms with van der Waals surface area (Å²) in [6.07, 6.45) is 1.73. The summed E-state index contributed by atoms with van der Waals surface area (Å²) in [5.41, 5.74) is 9.40. The second-order valence-electron chi connectivity index (χ2n) is 4.57. The van der Waals surface area contributed by atoms with Gasteiger partial charge in [0.25, 0.3) is 0 Å². The molecule has 106 valence electrons. The van der Waals surface area contributed by atoms with Crippen molar-refractivity contribution in [3.63, 3.8) is 0 Å². The van der Waals surface area contributed by atoms with Gasteiger partial charge >= 0.3 is 0 Å². The lowest BCUT2D eigenvalue weighted by Gasteiger charge is -2.06. The number of rotatable bonds is 2. The lowest BCUT2D eigenvalue weighted by Crippen LogP contribution is -1.98. The molecule has 0 saturated carbocycles. The van der Waals surface area contributed by atoms with Crippen LogP contribution in [0.3, 0.4) is 0 Å². The van der Waals surface area contributed by atoms with E-state index < -0.39 is 0 Å². The maximum atomic E-state index is 6.17. The van der Waals surface area contributed by atoms with Crippen LogP contribution in [0.15, 0.2) is 47.1 Å². The van der Waals surface area contributed by atoms with Gasteiger partial charge in [0, 0.05) is 28.3 Å². The van der Waals surface area contributed by atoms with Crippen LogP contribution in [0.4, 0.5) is 5.82 Å². The molecule has 3 rings (SSSR count). The van der Waals surface area contributed by atoms with Crippen LogP contribution in [0.1, 0.15) is 0 Å². The summed E-state index contributed by atoms with van der Waals surface area (Å²) < 4.78 is 2.55. The number of aromatic nitrogens is 3. The lowest BCUT2D eigenvalue weighted by atomic mass is 10.0. The van der Waals surface area contributed by atoms with Gasteiger partial charge < -0.3 is 5.73 Å². The molecular formula is C15H12BrClN4. The third kappa shape index (κ3) is 2.54. The number of nitrogens with zero attached hydrogens (tertiary/aromatic N) is 3. The van der Waals surface area contributed by atoms with Gasteiger partial charge in [0.2, 0.25) is 0 Å². The molecule has 0 amide bonds. The predicted octanol–water partition coefficient (Wildman–Crippen LogP) is 4.15. The van der Waals surface area contributed by atoms with Crippen LogP contribution in [0.5, 0.6) is 0 Å². The maximum absolute atomic E-state index is 6.17. The van der Waals surface area contributed by atoms with Gasteiger partial charge in [-0.15, -0.1) is 0 Å². The summed E-state index contributed by atoms with van der Waals surface area (Å²) >= 11 is 9.65. The van der Waals surface area contributed by atoms with Crippen LogP contribution in [0, 0.1) is 0 Å². The Hall–Kier alpha value is -1.85. The molecule has 0 atom stereocenters. The standard InChI is InChI=1S/C15H12BrClN4/c1-21-15(18)13(12-4-2-3-7-19-12)14(20-21)10-8-9(17)5-6-11(10)16/h2-8H,18H2,1H3. The van der Waals surface area contributed by atoms with Gasteiger partial charge in [-0.1, -0.05) is 33.6 Å². The van der Waals surface area contributed by atoms with Crippen LogP contribution in [0.2, 0.25) is 5.02 Å². The van der Waals surface area contributed by atoms with E-state index in [0.717, 1.165) is 27.0 Å². The van der Waals surface area contributed by atoms with Crippen LogP contribution < -0.4 is 5.73 Å². The molecule has 21 heavy (non-hydrogen) atoms. The fraction of sp³-hybridized carbons (Fsp3) is 0.0667. The van der Waals surface area contributed by atoms with E-state index >= 15 is 0 Å². The number of benzene rings is 1. The van der Waals surface area contributed by atoms with E-state index in [9.17, 15) is 0 Å². The number of nitrogens with two attached hydrogens (primary N) is 1. The summed E-state index contributed by atoms with van der Waals surface area (Å²) in [7, 11) is 1.81. The molecule has 0 bridgehead atoms. The Labute approximate surface area is 135 Å². The highest BCUT2D eigenvalue weighted by molar-refractivity contribution is 9.10. The van der Waals surface area contributed by atoms with Crippen molar-refractivity contribution in [2.45, 2.75) is 0 Å². The van der Waals surface area contributed by atoms with E-state index in [2.05, 4.69) is 26.0 Å². The number of halogens is 2. The van der Waals surface area contributed by atoms with E-state index in [1.54, 1.807) is 10.9 Å². The van der Waals surface area contributed by atoms with E-state index in [1.165, 1.54) is 0 Å². The fourth-order valence-corrected chi connectivity index (χ4v) is 2.77. The highest BCUT2D eigenvalue weighted by Gasteiger charge is 2.20. The number of hydrogen-bond donors (Lipinski definition) is 1. The summed E-state index contributed by atoms with van der Waals surface area (Å²) in [5.74, 6) is 0.565. The third-order valence-electron chi connectivity index (χ3n) is 3.20. The van der Waals surface area contributed by atoms with Crippen molar-refractivity contribution in [2.24, 2.45) is 7.05 Å². The molecule has 6 heteroatoms. The number of nitrogen functional groups attached to an aromatic ring is 1. The minimum atomic E-state index is 0.565. The molecule has 0 spiro atoms. The first-order chi connectivity index (χ1) is 10.1. The number of pyridine rings is 1. The molecular weight excluding hydrogens is 352 g/mol. The number of aryl methyl sites for hydroxylation is 1. The Morgan fingerprint density at radius 3 is 2.76 bits per heavy atom. The Morgan fingerprint density at radius 1 is 1.24 bits per heavy atom. The van der Waals surface area contributed by atoms with Crippen molar-refractivity contribution >= 4 is 33.3 Å². The molecule has 2 heterocycles. The molecule has 0 aliphatic heterocycles. The second-order valence-corrected chi connectivity index (χ2v) is 5.86.